The van der Waals surface area contributed by atoms with E-state index in [2.05, 4.69) is 0 Å². The zero-order chi connectivity index (χ0) is 20.1. The third kappa shape index (κ3) is 2.54. The van der Waals surface area contributed by atoms with E-state index < -0.39 is 44.0 Å². The van der Waals surface area contributed by atoms with E-state index >= 15 is 0 Å². The Hall–Kier alpha value is -2.21. The summed E-state index contributed by atoms with van der Waals surface area (Å²) < 4.78 is 65.8. The number of hydrogen-bond donors (Lipinski definition) is 0. The fourth-order valence-electron chi connectivity index (χ4n) is 4.08. The van der Waals surface area contributed by atoms with E-state index in [1.807, 2.05) is 6.07 Å². The van der Waals surface area contributed by atoms with E-state index in [4.69, 9.17) is 21.1 Å². The fraction of sp³-hybridized carbons (Fsp3) is 0.316. The molecule has 0 N–H and O–H groups in total. The molecule has 0 spiro atoms. The largest absolute Gasteiger partial charge is 0.490 e. The van der Waals surface area contributed by atoms with Gasteiger partial charge in [-0.1, -0.05) is 11.6 Å². The third-order valence-corrected chi connectivity index (χ3v) is 8.17. The number of hydrogen-bond acceptors (Lipinski definition) is 5. The van der Waals surface area contributed by atoms with Crippen molar-refractivity contribution in [3.8, 4) is 11.8 Å². The maximum absolute atomic E-state index is 15.0. The van der Waals surface area contributed by atoms with Crippen molar-refractivity contribution in [2.75, 3.05) is 13.2 Å². The molecular weight excluding hydrogens is 412 g/mol. The lowest BCUT2D eigenvalue weighted by atomic mass is 9.76. The summed E-state index contributed by atoms with van der Waals surface area (Å²) in [6, 6.07) is 9.12. The Morgan fingerprint density at radius 1 is 1.14 bits per heavy atom. The predicted molar refractivity (Wildman–Crippen MR) is 95.6 cm³/mol. The number of ether oxygens (including phenoxy) is 2. The molecule has 3 atom stereocenters. The molecule has 2 aromatic rings. The average molecular weight is 426 g/mol. The maximum Gasteiger partial charge on any atom is 0.189 e. The van der Waals surface area contributed by atoms with Gasteiger partial charge >= 0.3 is 0 Å². The molecule has 2 aliphatic heterocycles. The number of fused-ring (bicyclic) bond motifs is 3. The van der Waals surface area contributed by atoms with Crippen LogP contribution in [0.25, 0.3) is 0 Å². The predicted octanol–water partition coefficient (Wildman–Crippen LogP) is 3.61. The quantitative estimate of drug-likeness (QED) is 0.734. The van der Waals surface area contributed by atoms with Crippen molar-refractivity contribution in [3.63, 3.8) is 0 Å². The molecule has 1 unspecified atom stereocenters. The van der Waals surface area contributed by atoms with Crippen LogP contribution in [0.1, 0.15) is 12.0 Å². The third-order valence-electron chi connectivity index (χ3n) is 5.36. The summed E-state index contributed by atoms with van der Waals surface area (Å²) >= 11 is 5.87. The first kappa shape index (κ1) is 19.1. The average Bonchev–Trinajstić information content (AvgIpc) is 2.69. The van der Waals surface area contributed by atoms with Crippen LogP contribution in [0.15, 0.2) is 41.3 Å². The second kappa shape index (κ2) is 6.69. The lowest BCUT2D eigenvalue weighted by molar-refractivity contribution is -0.0441. The highest BCUT2D eigenvalue weighted by Crippen LogP contribution is 2.55. The number of sulfone groups is 1. The first-order valence-corrected chi connectivity index (χ1v) is 10.3. The molecule has 2 aliphatic rings. The lowest BCUT2D eigenvalue weighted by Gasteiger charge is -2.48. The van der Waals surface area contributed by atoms with E-state index in [1.54, 1.807) is 0 Å². The number of halogens is 3. The smallest absolute Gasteiger partial charge is 0.189 e. The molecule has 1 fully saturated rings. The van der Waals surface area contributed by atoms with E-state index in [0.29, 0.717) is 5.02 Å². The van der Waals surface area contributed by atoms with E-state index in [1.165, 1.54) is 24.3 Å². The highest BCUT2D eigenvalue weighted by atomic mass is 35.5. The zero-order valence-electron chi connectivity index (χ0n) is 14.4. The van der Waals surface area contributed by atoms with Gasteiger partial charge in [0.15, 0.2) is 27.5 Å². The van der Waals surface area contributed by atoms with Gasteiger partial charge < -0.3 is 9.47 Å². The second-order valence-electron chi connectivity index (χ2n) is 6.67. The Bertz CT molecular complexity index is 1080. The SMILES string of the molecule is N#CC1OCC[C@@]2(S(=O)(=O)c3ccc(Cl)cc3)c3c(F)ccc(F)c3OC[C@@H]12. The molecule has 146 valence electrons. The molecule has 4 rings (SSSR count). The molecule has 9 heteroatoms. The van der Waals surface area contributed by atoms with Crippen LogP contribution in [-0.2, 0) is 19.3 Å². The Kier molecular flexibility index (Phi) is 4.57. The molecule has 0 aliphatic carbocycles. The summed E-state index contributed by atoms with van der Waals surface area (Å²) in [7, 11) is -4.27. The van der Waals surface area contributed by atoms with Crippen molar-refractivity contribution < 1.29 is 26.7 Å². The molecule has 0 amide bonds. The summed E-state index contributed by atoms with van der Waals surface area (Å²) in [5.41, 5.74) is -0.387. The van der Waals surface area contributed by atoms with Crippen LogP contribution in [0.5, 0.6) is 5.75 Å². The van der Waals surface area contributed by atoms with Crippen molar-refractivity contribution in [2.45, 2.75) is 22.2 Å². The van der Waals surface area contributed by atoms with Crippen LogP contribution < -0.4 is 4.74 Å². The van der Waals surface area contributed by atoms with Gasteiger partial charge in [0.2, 0.25) is 0 Å². The van der Waals surface area contributed by atoms with Gasteiger partial charge in [0.25, 0.3) is 0 Å². The molecule has 0 bridgehead atoms. The fourth-order valence-corrected chi connectivity index (χ4v) is 6.52. The van der Waals surface area contributed by atoms with Crippen molar-refractivity contribution in [1.82, 2.24) is 0 Å². The van der Waals surface area contributed by atoms with Gasteiger partial charge in [-0.3, -0.25) is 0 Å². The monoisotopic (exact) mass is 425 g/mol. The number of rotatable bonds is 2. The minimum atomic E-state index is -4.27. The van der Waals surface area contributed by atoms with Gasteiger partial charge in [-0.05, 0) is 42.8 Å². The first-order valence-electron chi connectivity index (χ1n) is 8.45. The minimum Gasteiger partial charge on any atom is -0.490 e. The topological polar surface area (TPSA) is 76.4 Å². The molecule has 5 nitrogen and oxygen atoms in total. The molecule has 0 saturated carbocycles. The number of nitrogens with zero attached hydrogens (tertiary/aromatic N) is 1. The molecular formula is C19H14ClF2NO4S. The van der Waals surface area contributed by atoms with Gasteiger partial charge in [-0.25, -0.2) is 17.2 Å². The van der Waals surface area contributed by atoms with Crippen molar-refractivity contribution >= 4 is 21.4 Å². The first-order chi connectivity index (χ1) is 13.3. The van der Waals surface area contributed by atoms with Crippen molar-refractivity contribution in [2.24, 2.45) is 5.92 Å². The standard InChI is InChI=1S/C19H14ClF2NO4S/c20-11-1-3-12(4-2-11)28(24,25)19-7-8-26-16(9-23)13(19)10-27-18-15(22)6-5-14(21)17(18)19/h1-6,13,16H,7-8,10H2/t13-,16?,19-/m0/s1. The minimum absolute atomic E-state index is 0.1000. The summed E-state index contributed by atoms with van der Waals surface area (Å²) in [4.78, 5) is -0.1000. The molecule has 0 aromatic heterocycles. The van der Waals surface area contributed by atoms with Crippen molar-refractivity contribution in [3.05, 3.63) is 58.6 Å². The van der Waals surface area contributed by atoms with E-state index in [-0.39, 0.29) is 30.1 Å². The summed E-state index contributed by atoms with van der Waals surface area (Å²) in [6.45, 7) is -0.393. The highest BCUT2D eigenvalue weighted by Gasteiger charge is 2.61. The van der Waals surface area contributed by atoms with Crippen LogP contribution in [0.3, 0.4) is 0 Å². The maximum atomic E-state index is 15.0. The Morgan fingerprint density at radius 2 is 1.82 bits per heavy atom. The van der Waals surface area contributed by atoms with Crippen LogP contribution >= 0.6 is 11.6 Å². The second-order valence-corrected chi connectivity index (χ2v) is 9.31. The van der Waals surface area contributed by atoms with Crippen LogP contribution in [0, 0.1) is 28.9 Å². The number of benzene rings is 2. The Balaban J connectivity index is 2.06. The van der Waals surface area contributed by atoms with E-state index in [9.17, 15) is 22.5 Å². The van der Waals surface area contributed by atoms with Crippen LogP contribution in [0.4, 0.5) is 8.78 Å². The molecule has 28 heavy (non-hydrogen) atoms. The molecule has 0 radical (unpaired) electrons. The van der Waals surface area contributed by atoms with Gasteiger partial charge in [-0.2, -0.15) is 5.26 Å². The van der Waals surface area contributed by atoms with Crippen molar-refractivity contribution in [1.29, 1.82) is 5.26 Å². The molecule has 2 heterocycles. The number of nitriles is 1. The van der Waals surface area contributed by atoms with Gasteiger partial charge in [0.1, 0.15) is 10.6 Å². The summed E-state index contributed by atoms with van der Waals surface area (Å²) in [6.07, 6.45) is -1.29. The lowest BCUT2D eigenvalue weighted by Crippen LogP contribution is -2.57. The zero-order valence-corrected chi connectivity index (χ0v) is 15.9. The van der Waals surface area contributed by atoms with E-state index in [0.717, 1.165) is 12.1 Å². The van der Waals surface area contributed by atoms with Crippen LogP contribution in [-0.4, -0.2) is 27.7 Å². The molecule has 1 saturated heterocycles. The van der Waals surface area contributed by atoms with Gasteiger partial charge in [0.05, 0.1) is 35.7 Å². The van der Waals surface area contributed by atoms with Gasteiger partial charge in [-0.15, -0.1) is 0 Å². The Labute approximate surface area is 165 Å². The Morgan fingerprint density at radius 3 is 2.50 bits per heavy atom. The highest BCUT2D eigenvalue weighted by molar-refractivity contribution is 7.92. The summed E-state index contributed by atoms with van der Waals surface area (Å²) in [5.74, 6) is -3.24. The summed E-state index contributed by atoms with van der Waals surface area (Å²) in [5, 5.41) is 9.81. The molecule has 2 aromatic carbocycles. The van der Waals surface area contributed by atoms with Crippen LogP contribution in [0.2, 0.25) is 5.02 Å². The van der Waals surface area contributed by atoms with Gasteiger partial charge in [0, 0.05) is 5.02 Å². The normalized spacial score (nSPS) is 26.5.